The molecule has 6 nitrogen and oxygen atoms in total. The van der Waals surface area contributed by atoms with Gasteiger partial charge in [-0.2, -0.15) is 0 Å². The Balaban J connectivity index is 2.06. The van der Waals surface area contributed by atoms with Gasteiger partial charge in [-0.1, -0.05) is 19.9 Å². The zero-order valence-corrected chi connectivity index (χ0v) is 14.7. The van der Waals surface area contributed by atoms with Gasteiger partial charge in [0.1, 0.15) is 0 Å². The molecule has 0 spiro atoms. The Morgan fingerprint density at radius 1 is 1.35 bits per heavy atom. The molecular weight excluding hydrogens is 314 g/mol. The van der Waals surface area contributed by atoms with Crippen LogP contribution in [-0.2, 0) is 16.4 Å². The molecule has 23 heavy (non-hydrogen) atoms. The number of rotatable bonds is 6. The summed E-state index contributed by atoms with van der Waals surface area (Å²) in [5, 5.41) is 5.56. The molecule has 0 unspecified atom stereocenters. The second kappa shape index (κ2) is 7.21. The van der Waals surface area contributed by atoms with Gasteiger partial charge in [-0.3, -0.25) is 4.31 Å². The minimum atomic E-state index is -3.28. The van der Waals surface area contributed by atoms with E-state index in [1.54, 1.807) is 13.0 Å². The van der Waals surface area contributed by atoms with Gasteiger partial charge in [0.2, 0.25) is 10.0 Å². The van der Waals surface area contributed by atoms with Crippen LogP contribution >= 0.6 is 0 Å². The van der Waals surface area contributed by atoms with Crippen molar-refractivity contribution < 1.29 is 13.2 Å². The van der Waals surface area contributed by atoms with Crippen LogP contribution in [0.2, 0.25) is 0 Å². The van der Waals surface area contributed by atoms with E-state index in [4.69, 9.17) is 0 Å². The number of nitrogens with zero attached hydrogens (tertiary/aromatic N) is 1. The summed E-state index contributed by atoms with van der Waals surface area (Å²) < 4.78 is 25.7. The number of hydrogen-bond acceptors (Lipinski definition) is 3. The van der Waals surface area contributed by atoms with Crippen LogP contribution in [0.25, 0.3) is 0 Å². The number of amides is 2. The highest BCUT2D eigenvalue weighted by molar-refractivity contribution is 7.92. The first kappa shape index (κ1) is 17.6. The fourth-order valence-electron chi connectivity index (χ4n) is 2.52. The molecule has 1 aromatic carbocycles. The van der Waals surface area contributed by atoms with E-state index >= 15 is 0 Å². The first-order valence-corrected chi connectivity index (χ1v) is 9.62. The van der Waals surface area contributed by atoms with Gasteiger partial charge in [-0.15, -0.1) is 0 Å². The lowest BCUT2D eigenvalue weighted by Gasteiger charge is -2.19. The fourth-order valence-corrected chi connectivity index (χ4v) is 3.67. The molecule has 2 N–H and O–H groups in total. The van der Waals surface area contributed by atoms with Gasteiger partial charge in [0.15, 0.2) is 0 Å². The third kappa shape index (κ3) is 4.37. The Morgan fingerprint density at radius 2 is 2.09 bits per heavy atom. The number of benzene rings is 1. The van der Waals surface area contributed by atoms with Crippen LogP contribution < -0.4 is 14.9 Å². The minimum absolute atomic E-state index is 0.0692. The van der Waals surface area contributed by atoms with Gasteiger partial charge >= 0.3 is 6.03 Å². The lowest BCUT2D eigenvalue weighted by atomic mass is 10.1. The average molecular weight is 339 g/mol. The van der Waals surface area contributed by atoms with Crippen molar-refractivity contribution in [1.82, 2.24) is 5.32 Å². The van der Waals surface area contributed by atoms with Crippen LogP contribution in [0.1, 0.15) is 32.8 Å². The molecule has 0 saturated carbocycles. The van der Waals surface area contributed by atoms with E-state index < -0.39 is 10.0 Å². The van der Waals surface area contributed by atoms with Crippen LogP contribution in [0, 0.1) is 5.92 Å². The Kier molecular flexibility index (Phi) is 5.51. The number of hydrogen-bond donors (Lipinski definition) is 2. The summed E-state index contributed by atoms with van der Waals surface area (Å²) in [7, 11) is -3.28. The van der Waals surface area contributed by atoms with E-state index in [9.17, 15) is 13.2 Å². The van der Waals surface area contributed by atoms with E-state index in [1.807, 2.05) is 12.1 Å². The van der Waals surface area contributed by atoms with Crippen molar-refractivity contribution >= 4 is 27.4 Å². The van der Waals surface area contributed by atoms with E-state index in [0.717, 1.165) is 12.0 Å². The number of carbonyl (C=O) groups is 1. The number of nitrogens with one attached hydrogen (secondary N) is 2. The zero-order chi connectivity index (χ0) is 17.0. The molecule has 0 saturated heterocycles. The van der Waals surface area contributed by atoms with Crippen molar-refractivity contribution in [2.24, 2.45) is 5.92 Å². The standard InChI is InChI=1S/C16H25N3O3S/c1-4-23(21,22)19-10-8-13-5-6-14(11-15(13)19)18-16(20)17-9-7-12(2)3/h5-6,11-12H,4,7-10H2,1-3H3,(H2,17,18,20). The van der Waals surface area contributed by atoms with Crippen LogP contribution in [0.5, 0.6) is 0 Å². The Morgan fingerprint density at radius 3 is 2.74 bits per heavy atom. The molecule has 1 aromatic rings. The smallest absolute Gasteiger partial charge is 0.319 e. The molecule has 2 rings (SSSR count). The normalized spacial score (nSPS) is 14.0. The van der Waals surface area contributed by atoms with Crippen molar-refractivity contribution in [2.75, 3.05) is 28.5 Å². The van der Waals surface area contributed by atoms with Crippen molar-refractivity contribution in [2.45, 2.75) is 33.6 Å². The second-order valence-electron chi connectivity index (χ2n) is 6.13. The van der Waals surface area contributed by atoms with Gasteiger partial charge in [0.05, 0.1) is 11.4 Å². The summed E-state index contributed by atoms with van der Waals surface area (Å²) in [6, 6.07) is 5.15. The van der Waals surface area contributed by atoms with E-state index in [-0.39, 0.29) is 11.8 Å². The zero-order valence-electron chi connectivity index (χ0n) is 13.9. The minimum Gasteiger partial charge on any atom is -0.338 e. The third-order valence-electron chi connectivity index (χ3n) is 3.90. The predicted molar refractivity (Wildman–Crippen MR) is 93.4 cm³/mol. The quantitative estimate of drug-likeness (QED) is 0.836. The maximum Gasteiger partial charge on any atom is 0.319 e. The monoisotopic (exact) mass is 339 g/mol. The highest BCUT2D eigenvalue weighted by atomic mass is 32.2. The first-order valence-electron chi connectivity index (χ1n) is 8.01. The molecule has 0 atom stereocenters. The Hall–Kier alpha value is -1.76. The van der Waals surface area contributed by atoms with Gasteiger partial charge < -0.3 is 10.6 Å². The molecule has 128 valence electrons. The molecule has 7 heteroatoms. The summed E-state index contributed by atoms with van der Waals surface area (Å²) in [5.41, 5.74) is 2.27. The summed E-state index contributed by atoms with van der Waals surface area (Å²) >= 11 is 0. The summed E-state index contributed by atoms with van der Waals surface area (Å²) in [5.74, 6) is 0.600. The van der Waals surface area contributed by atoms with Crippen molar-refractivity contribution in [3.05, 3.63) is 23.8 Å². The van der Waals surface area contributed by atoms with Crippen molar-refractivity contribution in [1.29, 1.82) is 0 Å². The number of fused-ring (bicyclic) bond motifs is 1. The largest absolute Gasteiger partial charge is 0.338 e. The second-order valence-corrected chi connectivity index (χ2v) is 8.31. The van der Waals surface area contributed by atoms with Crippen molar-refractivity contribution in [3.8, 4) is 0 Å². The lowest BCUT2D eigenvalue weighted by Crippen LogP contribution is -2.31. The molecule has 0 aliphatic carbocycles. The molecule has 2 amide bonds. The molecule has 1 heterocycles. The van der Waals surface area contributed by atoms with Crippen LogP contribution in [0.3, 0.4) is 0 Å². The van der Waals surface area contributed by atoms with E-state index in [0.29, 0.717) is 36.8 Å². The first-order chi connectivity index (χ1) is 10.8. The number of sulfonamides is 1. The fraction of sp³-hybridized carbons (Fsp3) is 0.562. The Bertz CT molecular complexity index is 671. The highest BCUT2D eigenvalue weighted by Crippen LogP contribution is 2.32. The number of carbonyl (C=O) groups excluding carboxylic acids is 1. The number of anilines is 2. The van der Waals surface area contributed by atoms with E-state index in [1.165, 1.54) is 4.31 Å². The molecule has 1 aliphatic heterocycles. The van der Waals surface area contributed by atoms with Crippen LogP contribution in [0.4, 0.5) is 16.2 Å². The summed E-state index contributed by atoms with van der Waals surface area (Å²) in [4.78, 5) is 11.9. The number of urea groups is 1. The van der Waals surface area contributed by atoms with Crippen LogP contribution in [-0.4, -0.2) is 33.3 Å². The molecule has 0 bridgehead atoms. The third-order valence-corrected chi connectivity index (χ3v) is 5.68. The van der Waals surface area contributed by atoms with Crippen LogP contribution in [0.15, 0.2) is 18.2 Å². The molecular formula is C16H25N3O3S. The summed E-state index contributed by atoms with van der Waals surface area (Å²) in [6.45, 7) is 6.92. The molecule has 0 aromatic heterocycles. The van der Waals surface area contributed by atoms with Gasteiger partial charge in [0, 0.05) is 18.8 Å². The maximum absolute atomic E-state index is 12.1. The molecule has 1 aliphatic rings. The lowest BCUT2D eigenvalue weighted by molar-refractivity contribution is 0.251. The van der Waals surface area contributed by atoms with Gasteiger partial charge in [-0.05, 0) is 43.4 Å². The SMILES string of the molecule is CCS(=O)(=O)N1CCc2ccc(NC(=O)NCCC(C)C)cc21. The van der Waals surface area contributed by atoms with E-state index in [2.05, 4.69) is 24.5 Å². The maximum atomic E-state index is 12.1. The van der Waals surface area contributed by atoms with Gasteiger partial charge in [-0.25, -0.2) is 13.2 Å². The average Bonchev–Trinajstić information content (AvgIpc) is 2.90. The molecule has 0 radical (unpaired) electrons. The predicted octanol–water partition coefficient (Wildman–Crippen LogP) is 2.57. The topological polar surface area (TPSA) is 78.5 Å². The Labute approximate surface area is 138 Å². The molecule has 0 fully saturated rings. The highest BCUT2D eigenvalue weighted by Gasteiger charge is 2.28. The summed E-state index contributed by atoms with van der Waals surface area (Å²) in [6.07, 6.45) is 1.62. The van der Waals surface area contributed by atoms with Crippen molar-refractivity contribution in [3.63, 3.8) is 0 Å². The van der Waals surface area contributed by atoms with Gasteiger partial charge in [0.25, 0.3) is 0 Å².